The zero-order chi connectivity index (χ0) is 23.5. The summed E-state index contributed by atoms with van der Waals surface area (Å²) in [7, 11) is 0. The highest BCUT2D eigenvalue weighted by Gasteiger charge is 2.37. The molecule has 1 saturated heterocycles. The molecule has 3 aromatic rings. The highest BCUT2D eigenvalue weighted by Crippen LogP contribution is 2.31. The summed E-state index contributed by atoms with van der Waals surface area (Å²) >= 11 is 9.53. The third kappa shape index (κ3) is 4.97. The topological polar surface area (TPSA) is 75.7 Å². The number of hydrogen-bond acceptors (Lipinski definition) is 4. The molecule has 1 heterocycles. The van der Waals surface area contributed by atoms with Crippen molar-refractivity contribution in [1.29, 1.82) is 0 Å². The molecule has 6 nitrogen and oxygen atoms in total. The van der Waals surface area contributed by atoms with Crippen molar-refractivity contribution in [3.05, 3.63) is 98.7 Å². The number of hydrogen-bond donors (Lipinski definition) is 1. The van der Waals surface area contributed by atoms with Crippen LogP contribution in [0.3, 0.4) is 0 Å². The van der Waals surface area contributed by atoms with Crippen LogP contribution in [0.15, 0.2) is 76.8 Å². The quantitative estimate of drug-likeness (QED) is 0.350. The molecule has 0 saturated carbocycles. The van der Waals surface area contributed by atoms with Gasteiger partial charge in [0, 0.05) is 10.0 Å². The van der Waals surface area contributed by atoms with E-state index >= 15 is 0 Å². The van der Waals surface area contributed by atoms with Crippen molar-refractivity contribution in [3.8, 4) is 5.75 Å². The van der Waals surface area contributed by atoms with E-state index in [2.05, 4.69) is 21.2 Å². The Labute approximate surface area is 201 Å². The van der Waals surface area contributed by atoms with Gasteiger partial charge in [0.2, 0.25) is 0 Å². The highest BCUT2D eigenvalue weighted by molar-refractivity contribution is 9.10. The van der Waals surface area contributed by atoms with Gasteiger partial charge >= 0.3 is 6.03 Å². The van der Waals surface area contributed by atoms with E-state index in [4.69, 9.17) is 16.3 Å². The van der Waals surface area contributed by atoms with E-state index in [-0.39, 0.29) is 28.7 Å². The number of carbonyl (C=O) groups excluding carboxylic acids is 3. The van der Waals surface area contributed by atoms with Crippen LogP contribution < -0.4 is 15.0 Å². The standard InChI is InChI=1S/C24H15BrClFN2O4/c25-16-7-10-21(33-13-14-5-8-17(27)9-6-14)15(11-16)12-18-22(30)28-24(32)29(23(18)31)20-4-2-1-3-19(20)26/h1-12H,13H2,(H,28,30,32)/b18-12+. The molecule has 9 heteroatoms. The average Bonchev–Trinajstić information content (AvgIpc) is 2.78. The van der Waals surface area contributed by atoms with Crippen LogP contribution in [-0.2, 0) is 16.2 Å². The van der Waals surface area contributed by atoms with Crippen LogP contribution in [0.25, 0.3) is 6.08 Å². The number of nitrogens with one attached hydrogen (secondary N) is 1. The molecule has 4 amide bonds. The Morgan fingerprint density at radius 3 is 2.48 bits per heavy atom. The zero-order valence-electron chi connectivity index (χ0n) is 16.8. The van der Waals surface area contributed by atoms with Crippen molar-refractivity contribution in [2.45, 2.75) is 6.61 Å². The lowest BCUT2D eigenvalue weighted by Crippen LogP contribution is -2.54. The van der Waals surface area contributed by atoms with Crippen LogP contribution in [0, 0.1) is 5.82 Å². The molecule has 1 aliphatic rings. The predicted molar refractivity (Wildman–Crippen MR) is 125 cm³/mol. The van der Waals surface area contributed by atoms with E-state index in [1.54, 1.807) is 42.5 Å². The molecule has 3 aromatic carbocycles. The maximum atomic E-state index is 13.1. The number of benzene rings is 3. The Kier molecular flexibility index (Phi) is 6.57. The molecule has 1 aliphatic heterocycles. The van der Waals surface area contributed by atoms with Crippen molar-refractivity contribution >= 4 is 57.1 Å². The minimum Gasteiger partial charge on any atom is -0.488 e. The first-order valence-corrected chi connectivity index (χ1v) is 10.8. The van der Waals surface area contributed by atoms with Gasteiger partial charge in [-0.25, -0.2) is 14.1 Å². The Bertz CT molecular complexity index is 1290. The number of urea groups is 1. The van der Waals surface area contributed by atoms with Gasteiger partial charge in [0.05, 0.1) is 10.7 Å². The first-order chi connectivity index (χ1) is 15.8. The minimum absolute atomic E-state index is 0.141. The molecule has 0 bridgehead atoms. The van der Waals surface area contributed by atoms with Crippen molar-refractivity contribution in [2.75, 3.05) is 4.90 Å². The Balaban J connectivity index is 1.68. The number of para-hydroxylation sites is 1. The van der Waals surface area contributed by atoms with Crippen LogP contribution in [0.4, 0.5) is 14.9 Å². The van der Waals surface area contributed by atoms with Crippen LogP contribution in [-0.4, -0.2) is 17.8 Å². The van der Waals surface area contributed by atoms with Crippen LogP contribution in [0.2, 0.25) is 5.02 Å². The third-order valence-electron chi connectivity index (χ3n) is 4.77. The summed E-state index contributed by atoms with van der Waals surface area (Å²) in [5.41, 5.74) is 1.06. The van der Waals surface area contributed by atoms with Crippen LogP contribution in [0.5, 0.6) is 5.75 Å². The summed E-state index contributed by atoms with van der Waals surface area (Å²) in [5, 5.41) is 2.35. The zero-order valence-corrected chi connectivity index (χ0v) is 19.2. The largest absolute Gasteiger partial charge is 0.488 e. The minimum atomic E-state index is -0.891. The maximum Gasteiger partial charge on any atom is 0.335 e. The van der Waals surface area contributed by atoms with E-state index in [1.807, 2.05) is 0 Å². The van der Waals surface area contributed by atoms with Gasteiger partial charge in [0.1, 0.15) is 23.7 Å². The second-order valence-corrected chi connectivity index (χ2v) is 8.33. The van der Waals surface area contributed by atoms with E-state index in [9.17, 15) is 18.8 Å². The molecule has 1 N–H and O–H groups in total. The summed E-state index contributed by atoms with van der Waals surface area (Å²) in [6.07, 6.45) is 1.35. The lowest BCUT2D eigenvalue weighted by atomic mass is 10.1. The molecule has 0 aromatic heterocycles. The number of rotatable bonds is 5. The van der Waals surface area contributed by atoms with Gasteiger partial charge in [-0.2, -0.15) is 0 Å². The molecule has 0 unspecified atom stereocenters. The van der Waals surface area contributed by atoms with E-state index in [0.717, 1.165) is 10.5 Å². The highest BCUT2D eigenvalue weighted by atomic mass is 79.9. The van der Waals surface area contributed by atoms with Gasteiger partial charge in [-0.1, -0.05) is 51.8 Å². The van der Waals surface area contributed by atoms with Gasteiger partial charge in [-0.15, -0.1) is 0 Å². The summed E-state index contributed by atoms with van der Waals surface area (Å²) in [5.74, 6) is -1.62. The monoisotopic (exact) mass is 528 g/mol. The first kappa shape index (κ1) is 22.7. The number of ether oxygens (including phenoxy) is 1. The predicted octanol–water partition coefficient (Wildman–Crippen LogP) is 5.49. The molecule has 33 heavy (non-hydrogen) atoms. The Morgan fingerprint density at radius 1 is 1.03 bits per heavy atom. The summed E-state index contributed by atoms with van der Waals surface area (Å²) in [6.45, 7) is 0.141. The van der Waals surface area contributed by atoms with Gasteiger partial charge < -0.3 is 4.74 Å². The number of amides is 4. The molecule has 0 radical (unpaired) electrons. The molecular formula is C24H15BrClFN2O4. The van der Waals surface area contributed by atoms with Crippen LogP contribution >= 0.6 is 27.5 Å². The number of imide groups is 2. The number of nitrogens with zero attached hydrogens (tertiary/aromatic N) is 1. The Hall–Kier alpha value is -3.49. The van der Waals surface area contributed by atoms with Crippen molar-refractivity contribution < 1.29 is 23.5 Å². The molecule has 4 rings (SSSR count). The normalized spacial score (nSPS) is 15.1. The van der Waals surface area contributed by atoms with Crippen molar-refractivity contribution in [1.82, 2.24) is 5.32 Å². The maximum absolute atomic E-state index is 13.1. The van der Waals surface area contributed by atoms with Gasteiger partial charge in [0.15, 0.2) is 0 Å². The molecule has 1 fully saturated rings. The van der Waals surface area contributed by atoms with E-state index in [1.165, 1.54) is 30.3 Å². The van der Waals surface area contributed by atoms with E-state index in [0.29, 0.717) is 15.8 Å². The fourth-order valence-corrected chi connectivity index (χ4v) is 3.77. The SMILES string of the molecule is O=C1NC(=O)N(c2ccccc2Cl)C(=O)/C1=C/c1cc(Br)ccc1OCc1ccc(F)cc1. The van der Waals surface area contributed by atoms with Gasteiger partial charge in [0.25, 0.3) is 11.8 Å². The number of anilines is 1. The second kappa shape index (κ2) is 9.56. The molecule has 166 valence electrons. The molecule has 0 aliphatic carbocycles. The lowest BCUT2D eigenvalue weighted by Gasteiger charge is -2.27. The lowest BCUT2D eigenvalue weighted by molar-refractivity contribution is -0.122. The van der Waals surface area contributed by atoms with Gasteiger partial charge in [-0.05, 0) is 54.1 Å². The molecule has 0 spiro atoms. The fourth-order valence-electron chi connectivity index (χ4n) is 3.17. The molecular weight excluding hydrogens is 515 g/mol. The average molecular weight is 530 g/mol. The summed E-state index contributed by atoms with van der Waals surface area (Å²) in [4.78, 5) is 38.9. The first-order valence-electron chi connectivity index (χ1n) is 9.66. The van der Waals surface area contributed by atoms with Crippen LogP contribution in [0.1, 0.15) is 11.1 Å². The fraction of sp³-hybridized carbons (Fsp3) is 0.0417. The second-order valence-electron chi connectivity index (χ2n) is 7.01. The smallest absolute Gasteiger partial charge is 0.335 e. The summed E-state index contributed by atoms with van der Waals surface area (Å²) in [6, 6.07) is 16.4. The summed E-state index contributed by atoms with van der Waals surface area (Å²) < 4.78 is 19.7. The van der Waals surface area contributed by atoms with E-state index < -0.39 is 17.8 Å². The Morgan fingerprint density at radius 2 is 1.76 bits per heavy atom. The molecule has 0 atom stereocenters. The number of halogens is 3. The van der Waals surface area contributed by atoms with Gasteiger partial charge in [-0.3, -0.25) is 14.9 Å². The van der Waals surface area contributed by atoms with Crippen molar-refractivity contribution in [3.63, 3.8) is 0 Å². The third-order valence-corrected chi connectivity index (χ3v) is 5.59. The van der Waals surface area contributed by atoms with Crippen molar-refractivity contribution in [2.24, 2.45) is 0 Å². The number of carbonyl (C=O) groups is 3. The number of barbiturate groups is 1.